The smallest absolute Gasteiger partial charge is 0.322 e. The molecule has 2 N–H and O–H groups in total. The molecule has 5 heteroatoms. The van der Waals surface area contributed by atoms with E-state index >= 15 is 0 Å². The van der Waals surface area contributed by atoms with Gasteiger partial charge in [0, 0.05) is 18.3 Å². The lowest BCUT2D eigenvalue weighted by atomic mass is 10.2. The van der Waals surface area contributed by atoms with Crippen LogP contribution in [0.15, 0.2) is 24.3 Å². The maximum Gasteiger partial charge on any atom is 0.322 e. The summed E-state index contributed by atoms with van der Waals surface area (Å²) in [6, 6.07) is 7.54. The van der Waals surface area contributed by atoms with Gasteiger partial charge in [0.15, 0.2) is 0 Å². The van der Waals surface area contributed by atoms with Gasteiger partial charge in [0.1, 0.15) is 0 Å². The van der Waals surface area contributed by atoms with Crippen molar-refractivity contribution in [2.45, 2.75) is 32.2 Å². The van der Waals surface area contributed by atoms with E-state index in [1.165, 1.54) is 0 Å². The highest BCUT2D eigenvalue weighted by molar-refractivity contribution is 5.90. The van der Waals surface area contributed by atoms with Crippen LogP contribution in [0, 0.1) is 6.92 Å². The fourth-order valence-corrected chi connectivity index (χ4v) is 1.97. The number of aryl methyl sites for hydroxylation is 1. The summed E-state index contributed by atoms with van der Waals surface area (Å²) in [7, 11) is 0. The van der Waals surface area contributed by atoms with Crippen LogP contribution in [0.4, 0.5) is 10.5 Å². The normalized spacial score (nSPS) is 13.9. The summed E-state index contributed by atoms with van der Waals surface area (Å²) in [5.74, 6) is -0.881. The van der Waals surface area contributed by atoms with E-state index in [0.717, 1.165) is 24.1 Å². The van der Waals surface area contributed by atoms with Gasteiger partial charge in [0.25, 0.3) is 0 Å². The van der Waals surface area contributed by atoms with Crippen molar-refractivity contribution in [3.8, 4) is 0 Å². The second-order valence-corrected chi connectivity index (χ2v) is 4.87. The molecule has 0 spiro atoms. The lowest BCUT2D eigenvalue weighted by molar-refractivity contribution is -0.137. The van der Waals surface area contributed by atoms with Crippen LogP contribution in [0.1, 0.15) is 24.8 Å². The molecule has 2 rings (SSSR count). The number of hydrogen-bond donors (Lipinski definition) is 2. The molecule has 1 aromatic rings. The predicted molar refractivity (Wildman–Crippen MR) is 72.2 cm³/mol. The SMILES string of the molecule is Cc1cccc(NC(=O)N(CCC(=O)O)C2CC2)c1. The first-order chi connectivity index (χ1) is 9.06. The zero-order valence-corrected chi connectivity index (χ0v) is 10.9. The van der Waals surface area contributed by atoms with Gasteiger partial charge in [-0.3, -0.25) is 4.79 Å². The number of rotatable bonds is 5. The van der Waals surface area contributed by atoms with Crippen LogP contribution in [-0.4, -0.2) is 34.6 Å². The number of nitrogens with one attached hydrogen (secondary N) is 1. The third-order valence-electron chi connectivity index (χ3n) is 3.08. The number of aliphatic carboxylic acids is 1. The Balaban J connectivity index is 1.97. The number of amides is 2. The van der Waals surface area contributed by atoms with E-state index in [9.17, 15) is 9.59 Å². The monoisotopic (exact) mass is 262 g/mol. The van der Waals surface area contributed by atoms with E-state index in [4.69, 9.17) is 5.11 Å². The largest absolute Gasteiger partial charge is 0.481 e. The zero-order chi connectivity index (χ0) is 13.8. The molecule has 0 bridgehead atoms. The van der Waals surface area contributed by atoms with E-state index in [2.05, 4.69) is 5.32 Å². The summed E-state index contributed by atoms with van der Waals surface area (Å²) in [4.78, 5) is 24.4. The Bertz CT molecular complexity index is 483. The highest BCUT2D eigenvalue weighted by Gasteiger charge is 2.32. The number of hydrogen-bond acceptors (Lipinski definition) is 2. The number of benzene rings is 1. The molecular formula is C14H18N2O3. The Morgan fingerprint density at radius 2 is 2.16 bits per heavy atom. The number of carbonyl (C=O) groups excluding carboxylic acids is 1. The van der Waals surface area contributed by atoms with Crippen LogP contribution >= 0.6 is 0 Å². The first-order valence-corrected chi connectivity index (χ1v) is 6.42. The molecule has 0 atom stereocenters. The number of carbonyl (C=O) groups is 2. The molecule has 5 nitrogen and oxygen atoms in total. The quantitative estimate of drug-likeness (QED) is 0.856. The first kappa shape index (κ1) is 13.4. The van der Waals surface area contributed by atoms with Crippen molar-refractivity contribution in [3.63, 3.8) is 0 Å². The topological polar surface area (TPSA) is 69.6 Å². The molecule has 1 saturated carbocycles. The van der Waals surface area contributed by atoms with Crippen LogP contribution in [0.2, 0.25) is 0 Å². The van der Waals surface area contributed by atoms with Crippen LogP contribution in [0.5, 0.6) is 0 Å². The minimum Gasteiger partial charge on any atom is -0.481 e. The average molecular weight is 262 g/mol. The number of nitrogens with zero attached hydrogens (tertiary/aromatic N) is 1. The molecule has 1 aliphatic carbocycles. The molecule has 1 aromatic carbocycles. The van der Waals surface area contributed by atoms with Crippen molar-refractivity contribution in [1.29, 1.82) is 0 Å². The third kappa shape index (κ3) is 3.98. The minimum absolute atomic E-state index is 0.0161. The molecule has 102 valence electrons. The molecule has 0 aromatic heterocycles. The van der Waals surface area contributed by atoms with E-state index < -0.39 is 5.97 Å². The predicted octanol–water partition coefficient (Wildman–Crippen LogP) is 2.47. The highest BCUT2D eigenvalue weighted by atomic mass is 16.4. The Labute approximate surface area is 112 Å². The van der Waals surface area contributed by atoms with Gasteiger partial charge in [-0.05, 0) is 37.5 Å². The summed E-state index contributed by atoms with van der Waals surface area (Å²) in [5, 5.41) is 11.5. The molecule has 19 heavy (non-hydrogen) atoms. The summed E-state index contributed by atoms with van der Waals surface area (Å²) >= 11 is 0. The van der Waals surface area contributed by atoms with Gasteiger partial charge in [-0.15, -0.1) is 0 Å². The number of urea groups is 1. The molecule has 1 aliphatic rings. The Morgan fingerprint density at radius 3 is 2.74 bits per heavy atom. The Hall–Kier alpha value is -2.04. The van der Waals surface area contributed by atoms with Crippen LogP contribution in [-0.2, 0) is 4.79 Å². The summed E-state index contributed by atoms with van der Waals surface area (Å²) in [5.41, 5.74) is 1.81. The summed E-state index contributed by atoms with van der Waals surface area (Å²) in [6.45, 7) is 2.22. The highest BCUT2D eigenvalue weighted by Crippen LogP contribution is 2.27. The summed E-state index contributed by atoms with van der Waals surface area (Å²) < 4.78 is 0. The lowest BCUT2D eigenvalue weighted by Crippen LogP contribution is -2.38. The number of anilines is 1. The molecule has 0 heterocycles. The van der Waals surface area contributed by atoms with Crippen molar-refractivity contribution in [1.82, 2.24) is 4.90 Å². The molecule has 0 unspecified atom stereocenters. The Kier molecular flexibility index (Phi) is 4.04. The standard InChI is InChI=1S/C14H18N2O3/c1-10-3-2-4-11(9-10)15-14(19)16(12-5-6-12)8-7-13(17)18/h2-4,9,12H,5-8H2,1H3,(H,15,19)(H,17,18). The van der Waals surface area contributed by atoms with Gasteiger partial charge in [-0.25, -0.2) is 4.79 Å². The van der Waals surface area contributed by atoms with Gasteiger partial charge in [-0.1, -0.05) is 12.1 Å². The maximum atomic E-state index is 12.1. The van der Waals surface area contributed by atoms with Crippen molar-refractivity contribution in [2.24, 2.45) is 0 Å². The van der Waals surface area contributed by atoms with E-state index in [1.54, 1.807) is 4.90 Å². The third-order valence-corrected chi connectivity index (χ3v) is 3.08. The molecule has 0 saturated heterocycles. The lowest BCUT2D eigenvalue weighted by Gasteiger charge is -2.22. The van der Waals surface area contributed by atoms with Crippen LogP contribution in [0.3, 0.4) is 0 Å². The van der Waals surface area contributed by atoms with E-state index in [-0.39, 0.29) is 25.0 Å². The van der Waals surface area contributed by atoms with Crippen molar-refractivity contribution >= 4 is 17.7 Å². The average Bonchev–Trinajstić information content (AvgIpc) is 3.13. The molecule has 2 amide bonds. The van der Waals surface area contributed by atoms with E-state index in [0.29, 0.717) is 0 Å². The molecule has 0 radical (unpaired) electrons. The molecule has 1 fully saturated rings. The molecule has 0 aliphatic heterocycles. The fraction of sp³-hybridized carbons (Fsp3) is 0.429. The van der Waals surface area contributed by atoms with Gasteiger partial charge in [0.05, 0.1) is 6.42 Å². The second-order valence-electron chi connectivity index (χ2n) is 4.87. The number of carboxylic acids is 1. The van der Waals surface area contributed by atoms with Crippen molar-refractivity contribution in [3.05, 3.63) is 29.8 Å². The van der Waals surface area contributed by atoms with Gasteiger partial charge >= 0.3 is 12.0 Å². The zero-order valence-electron chi connectivity index (χ0n) is 10.9. The minimum atomic E-state index is -0.881. The van der Waals surface area contributed by atoms with Crippen molar-refractivity contribution < 1.29 is 14.7 Å². The van der Waals surface area contributed by atoms with Gasteiger partial charge < -0.3 is 15.3 Å². The van der Waals surface area contributed by atoms with E-state index in [1.807, 2.05) is 31.2 Å². The van der Waals surface area contributed by atoms with Gasteiger partial charge in [-0.2, -0.15) is 0 Å². The maximum absolute atomic E-state index is 12.1. The van der Waals surface area contributed by atoms with Crippen LogP contribution in [0.25, 0.3) is 0 Å². The summed E-state index contributed by atoms with van der Waals surface area (Å²) in [6.07, 6.45) is 1.90. The van der Waals surface area contributed by atoms with Crippen LogP contribution < -0.4 is 5.32 Å². The number of carboxylic acid groups (broad SMARTS) is 1. The Morgan fingerprint density at radius 1 is 1.42 bits per heavy atom. The van der Waals surface area contributed by atoms with Crippen molar-refractivity contribution in [2.75, 3.05) is 11.9 Å². The fourth-order valence-electron chi connectivity index (χ4n) is 1.97. The first-order valence-electron chi connectivity index (χ1n) is 6.42. The second kappa shape index (κ2) is 5.73. The van der Waals surface area contributed by atoms with Gasteiger partial charge in [0.2, 0.25) is 0 Å². The molecular weight excluding hydrogens is 244 g/mol.